The first-order valence-corrected chi connectivity index (χ1v) is 8.35. The van der Waals surface area contributed by atoms with Crippen molar-refractivity contribution in [1.29, 1.82) is 0 Å². The van der Waals surface area contributed by atoms with Crippen LogP contribution in [0.5, 0.6) is 11.5 Å². The molecule has 0 fully saturated rings. The largest absolute Gasteiger partial charge is 0.449 e. The molecule has 3 aromatic carbocycles. The number of rotatable bonds is 5. The molecule has 6 nitrogen and oxygen atoms in total. The molecule has 0 radical (unpaired) electrons. The van der Waals surface area contributed by atoms with Crippen LogP contribution in [0.3, 0.4) is 0 Å². The van der Waals surface area contributed by atoms with Gasteiger partial charge in [-0.1, -0.05) is 36.4 Å². The lowest BCUT2D eigenvalue weighted by molar-refractivity contribution is -0.385. The van der Waals surface area contributed by atoms with E-state index in [1.165, 1.54) is 12.1 Å². The molecule has 0 aliphatic carbocycles. The zero-order valence-corrected chi connectivity index (χ0v) is 14.9. The Morgan fingerprint density at radius 1 is 0.926 bits per heavy atom. The van der Waals surface area contributed by atoms with Crippen LogP contribution in [0.2, 0.25) is 0 Å². The maximum atomic E-state index is 12.8. The molecule has 0 atom stereocenters. The smallest absolute Gasteiger partial charge is 0.311 e. The highest BCUT2D eigenvalue weighted by molar-refractivity contribution is 6.06. The summed E-state index contributed by atoms with van der Waals surface area (Å²) in [7, 11) is 0. The van der Waals surface area contributed by atoms with Gasteiger partial charge in [-0.15, -0.1) is 0 Å². The van der Waals surface area contributed by atoms with E-state index in [9.17, 15) is 14.9 Å². The Morgan fingerprint density at radius 3 is 2.33 bits per heavy atom. The number of hydrogen-bond acceptors (Lipinski definition) is 4. The first-order valence-electron chi connectivity index (χ1n) is 8.35. The van der Waals surface area contributed by atoms with Gasteiger partial charge < -0.3 is 10.1 Å². The maximum absolute atomic E-state index is 12.8. The van der Waals surface area contributed by atoms with Crippen LogP contribution >= 0.6 is 0 Å². The molecular weight excluding hydrogens is 344 g/mol. The van der Waals surface area contributed by atoms with Gasteiger partial charge >= 0.3 is 5.69 Å². The van der Waals surface area contributed by atoms with Gasteiger partial charge in [-0.05, 0) is 49.2 Å². The highest BCUT2D eigenvalue weighted by Gasteiger charge is 2.19. The molecule has 0 unspecified atom stereocenters. The zero-order chi connectivity index (χ0) is 19.4. The molecule has 0 spiro atoms. The molecule has 0 bridgehead atoms. The normalized spacial score (nSPS) is 10.3. The minimum atomic E-state index is -0.520. The average molecular weight is 362 g/mol. The number of nitrogens with zero attached hydrogens (tertiary/aromatic N) is 1. The highest BCUT2D eigenvalue weighted by Crippen LogP contribution is 2.33. The van der Waals surface area contributed by atoms with Crippen molar-refractivity contribution >= 4 is 17.3 Å². The van der Waals surface area contributed by atoms with Gasteiger partial charge in [0.2, 0.25) is 5.75 Å². The Hall–Kier alpha value is -3.67. The number of carbonyl (C=O) groups excluding carboxylic acids is 1. The van der Waals surface area contributed by atoms with E-state index in [0.29, 0.717) is 5.69 Å². The van der Waals surface area contributed by atoms with Gasteiger partial charge in [0, 0.05) is 11.8 Å². The van der Waals surface area contributed by atoms with Crippen molar-refractivity contribution in [3.8, 4) is 11.5 Å². The summed E-state index contributed by atoms with van der Waals surface area (Å²) in [5, 5.41) is 14.1. The lowest BCUT2D eigenvalue weighted by atomic mass is 10.1. The van der Waals surface area contributed by atoms with E-state index in [0.717, 1.165) is 11.1 Å². The van der Waals surface area contributed by atoms with Gasteiger partial charge in [0.15, 0.2) is 0 Å². The first kappa shape index (κ1) is 18.1. The molecule has 6 heteroatoms. The summed E-state index contributed by atoms with van der Waals surface area (Å²) in [4.78, 5) is 23.5. The van der Waals surface area contributed by atoms with Crippen molar-refractivity contribution in [2.75, 3.05) is 5.32 Å². The summed E-state index contributed by atoms with van der Waals surface area (Å²) in [6, 6.07) is 18.4. The Labute approximate surface area is 156 Å². The van der Waals surface area contributed by atoms with Gasteiger partial charge in [0.25, 0.3) is 5.91 Å². The SMILES string of the molecule is Cc1cccc(NC(=O)c2ccccc2Oc2ccccc2[N+](=O)[O-])c1C. The molecule has 0 aliphatic heterocycles. The topological polar surface area (TPSA) is 81.5 Å². The van der Waals surface area contributed by atoms with Gasteiger partial charge in [0.1, 0.15) is 5.75 Å². The summed E-state index contributed by atoms with van der Waals surface area (Å²) in [5.41, 5.74) is 2.87. The second-order valence-corrected chi connectivity index (χ2v) is 6.02. The standard InChI is InChI=1S/C21H18N2O4/c1-14-8-7-10-17(15(14)2)22-21(24)16-9-3-5-12-19(16)27-20-13-6-4-11-18(20)23(25)26/h3-13H,1-2H3,(H,22,24). The second-order valence-electron chi connectivity index (χ2n) is 6.02. The van der Waals surface area contributed by atoms with Crippen molar-refractivity contribution < 1.29 is 14.5 Å². The van der Waals surface area contributed by atoms with Crippen molar-refractivity contribution in [3.63, 3.8) is 0 Å². The van der Waals surface area contributed by atoms with Crippen molar-refractivity contribution in [2.24, 2.45) is 0 Å². The number of anilines is 1. The Kier molecular flexibility index (Phi) is 5.17. The van der Waals surface area contributed by atoms with Crippen LogP contribution in [0.25, 0.3) is 0 Å². The van der Waals surface area contributed by atoms with Crippen LogP contribution in [0.4, 0.5) is 11.4 Å². The van der Waals surface area contributed by atoms with Crippen molar-refractivity contribution in [1.82, 2.24) is 0 Å². The summed E-state index contributed by atoms with van der Waals surface area (Å²) in [5.74, 6) is -0.0259. The second kappa shape index (κ2) is 7.70. The van der Waals surface area contributed by atoms with Gasteiger partial charge in [-0.2, -0.15) is 0 Å². The lowest BCUT2D eigenvalue weighted by Gasteiger charge is -2.13. The molecule has 1 amide bonds. The summed E-state index contributed by atoms with van der Waals surface area (Å²) >= 11 is 0. The van der Waals surface area contributed by atoms with E-state index >= 15 is 0 Å². The van der Waals surface area contributed by atoms with Gasteiger partial charge in [0.05, 0.1) is 10.5 Å². The maximum Gasteiger partial charge on any atom is 0.311 e. The van der Waals surface area contributed by atoms with E-state index in [1.807, 2.05) is 32.0 Å². The molecule has 0 heterocycles. The van der Waals surface area contributed by atoms with Crippen LogP contribution in [-0.4, -0.2) is 10.8 Å². The molecule has 0 aliphatic rings. The highest BCUT2D eigenvalue weighted by atomic mass is 16.6. The quantitative estimate of drug-likeness (QED) is 0.496. The molecule has 3 rings (SSSR count). The van der Waals surface area contributed by atoms with Gasteiger partial charge in [-0.3, -0.25) is 14.9 Å². The van der Waals surface area contributed by atoms with Crippen LogP contribution < -0.4 is 10.1 Å². The fourth-order valence-electron chi connectivity index (χ4n) is 2.63. The Morgan fingerprint density at radius 2 is 1.59 bits per heavy atom. The number of nitrogens with one attached hydrogen (secondary N) is 1. The van der Waals surface area contributed by atoms with E-state index in [4.69, 9.17) is 4.74 Å². The number of aryl methyl sites for hydroxylation is 1. The predicted octanol–water partition coefficient (Wildman–Crippen LogP) is 5.26. The molecule has 136 valence electrons. The van der Waals surface area contributed by atoms with Gasteiger partial charge in [-0.25, -0.2) is 0 Å². The van der Waals surface area contributed by atoms with Crippen molar-refractivity contribution in [2.45, 2.75) is 13.8 Å². The number of nitro groups is 1. The molecule has 27 heavy (non-hydrogen) atoms. The van der Waals surface area contributed by atoms with Crippen LogP contribution in [0.15, 0.2) is 66.7 Å². The zero-order valence-electron chi connectivity index (χ0n) is 14.9. The molecule has 0 aromatic heterocycles. The van der Waals surface area contributed by atoms with Crippen molar-refractivity contribution in [3.05, 3.63) is 93.5 Å². The summed E-state index contributed by atoms with van der Waals surface area (Å²) in [6.07, 6.45) is 0. The van der Waals surface area contributed by atoms with Crippen LogP contribution in [0.1, 0.15) is 21.5 Å². The Balaban J connectivity index is 1.91. The third kappa shape index (κ3) is 3.95. The van der Waals surface area contributed by atoms with E-state index in [2.05, 4.69) is 5.32 Å². The number of amides is 1. The number of nitro benzene ring substituents is 1. The molecule has 0 saturated heterocycles. The molecule has 1 N–H and O–H groups in total. The summed E-state index contributed by atoms with van der Waals surface area (Å²) in [6.45, 7) is 3.90. The fraction of sp³-hybridized carbons (Fsp3) is 0.0952. The predicted molar refractivity (Wildman–Crippen MR) is 103 cm³/mol. The molecule has 0 saturated carbocycles. The van der Waals surface area contributed by atoms with Crippen LogP contribution in [-0.2, 0) is 0 Å². The number of hydrogen-bond donors (Lipinski definition) is 1. The van der Waals surface area contributed by atoms with E-state index in [-0.39, 0.29) is 28.7 Å². The average Bonchev–Trinajstić information content (AvgIpc) is 2.66. The Bertz CT molecular complexity index is 1010. The minimum Gasteiger partial charge on any atom is -0.449 e. The first-order chi connectivity index (χ1) is 13.0. The number of benzene rings is 3. The summed E-state index contributed by atoms with van der Waals surface area (Å²) < 4.78 is 5.71. The monoisotopic (exact) mass is 362 g/mol. The van der Waals surface area contributed by atoms with Crippen LogP contribution in [0, 0.1) is 24.0 Å². The third-order valence-electron chi connectivity index (χ3n) is 4.27. The fourth-order valence-corrected chi connectivity index (χ4v) is 2.63. The minimum absolute atomic E-state index is 0.0782. The number of carbonyl (C=O) groups is 1. The number of para-hydroxylation sites is 3. The van der Waals surface area contributed by atoms with E-state index < -0.39 is 4.92 Å². The third-order valence-corrected chi connectivity index (χ3v) is 4.27. The van der Waals surface area contributed by atoms with E-state index in [1.54, 1.807) is 36.4 Å². The number of ether oxygens (including phenoxy) is 1. The molecule has 3 aromatic rings. The lowest BCUT2D eigenvalue weighted by Crippen LogP contribution is -2.14. The molecular formula is C21H18N2O4.